The molecule has 148 valence electrons. The lowest BCUT2D eigenvalue weighted by molar-refractivity contribution is -0.130. The number of hydrogen-bond donors (Lipinski definition) is 0. The highest BCUT2D eigenvalue weighted by Gasteiger charge is 2.51. The summed E-state index contributed by atoms with van der Waals surface area (Å²) in [6.07, 6.45) is 8.62. The van der Waals surface area contributed by atoms with Crippen LogP contribution in [0.25, 0.3) is 5.57 Å². The van der Waals surface area contributed by atoms with Crippen LogP contribution in [0.2, 0.25) is 19.6 Å². The number of carbonyl (C=O) groups excluding carboxylic acids is 1. The Hall–Kier alpha value is -1.45. The van der Waals surface area contributed by atoms with Gasteiger partial charge in [0.05, 0.1) is 0 Å². The van der Waals surface area contributed by atoms with Crippen LogP contribution in [0, 0.1) is 0 Å². The molecular formula is C24H36O2Si. The lowest BCUT2D eigenvalue weighted by atomic mass is 9.70. The fraction of sp³-hybridized carbons (Fsp3) is 0.542. The molecule has 0 heterocycles. The number of rotatable bonds is 10. The molecule has 0 N–H and O–H groups in total. The van der Waals surface area contributed by atoms with Gasteiger partial charge in [-0.3, -0.25) is 4.79 Å². The molecule has 0 radical (unpaired) electrons. The fourth-order valence-corrected chi connectivity index (χ4v) is 5.26. The van der Waals surface area contributed by atoms with E-state index in [1.807, 2.05) is 13.0 Å². The van der Waals surface area contributed by atoms with Crippen LogP contribution >= 0.6 is 0 Å². The Balaban J connectivity index is 2.46. The molecule has 0 fully saturated rings. The fourth-order valence-electron chi connectivity index (χ4n) is 3.82. The molecule has 1 atom stereocenters. The van der Waals surface area contributed by atoms with Crippen molar-refractivity contribution in [2.24, 2.45) is 0 Å². The Kier molecular flexibility index (Phi) is 7.41. The van der Waals surface area contributed by atoms with Crippen molar-refractivity contribution in [3.05, 3.63) is 53.1 Å². The zero-order chi connectivity index (χ0) is 20.1. The Morgan fingerprint density at radius 2 is 1.70 bits per heavy atom. The first kappa shape index (κ1) is 21.8. The van der Waals surface area contributed by atoms with E-state index in [0.717, 1.165) is 44.1 Å². The maximum Gasteiger partial charge on any atom is 0.197 e. The number of benzene rings is 1. The van der Waals surface area contributed by atoms with E-state index in [2.05, 4.69) is 63.8 Å². The number of ketones is 1. The summed E-state index contributed by atoms with van der Waals surface area (Å²) in [6.45, 7) is 12.9. The minimum Gasteiger partial charge on any atom is -0.402 e. The van der Waals surface area contributed by atoms with Crippen molar-refractivity contribution in [3.8, 4) is 0 Å². The summed E-state index contributed by atoms with van der Waals surface area (Å²) in [5.41, 5.74) is 3.89. The van der Waals surface area contributed by atoms with Crippen molar-refractivity contribution in [3.63, 3.8) is 0 Å². The van der Waals surface area contributed by atoms with Crippen molar-refractivity contribution in [2.45, 2.75) is 84.5 Å². The third-order valence-corrected chi connectivity index (χ3v) is 6.15. The van der Waals surface area contributed by atoms with Gasteiger partial charge in [0, 0.05) is 5.57 Å². The normalized spacial score (nSPS) is 20.8. The Morgan fingerprint density at radius 1 is 1.07 bits per heavy atom. The second-order valence-electron chi connectivity index (χ2n) is 8.71. The molecule has 3 heteroatoms. The predicted octanol–water partition coefficient (Wildman–Crippen LogP) is 6.94. The predicted molar refractivity (Wildman–Crippen MR) is 118 cm³/mol. The number of hydrogen-bond acceptors (Lipinski definition) is 2. The SMILES string of the molecule is CCCCC1=C(/C=C(\CCCC)c2ccccc2)C(=O)C1(C)O[Si](C)(C)C. The smallest absolute Gasteiger partial charge is 0.197 e. The van der Waals surface area contributed by atoms with E-state index in [-0.39, 0.29) is 5.78 Å². The van der Waals surface area contributed by atoms with Crippen molar-refractivity contribution in [2.75, 3.05) is 0 Å². The zero-order valence-electron chi connectivity index (χ0n) is 18.0. The molecule has 0 bridgehead atoms. The van der Waals surface area contributed by atoms with Crippen LogP contribution in [0.15, 0.2) is 47.6 Å². The van der Waals surface area contributed by atoms with Gasteiger partial charge in [0.2, 0.25) is 0 Å². The quantitative estimate of drug-likeness (QED) is 0.408. The van der Waals surface area contributed by atoms with Crippen LogP contribution in [0.3, 0.4) is 0 Å². The zero-order valence-corrected chi connectivity index (χ0v) is 19.0. The third kappa shape index (κ3) is 5.29. The van der Waals surface area contributed by atoms with Crippen LogP contribution in [0.1, 0.15) is 64.9 Å². The molecule has 2 nitrogen and oxygen atoms in total. The summed E-state index contributed by atoms with van der Waals surface area (Å²) in [5.74, 6) is 0.168. The van der Waals surface area contributed by atoms with Crippen molar-refractivity contribution in [1.29, 1.82) is 0 Å². The first-order valence-corrected chi connectivity index (χ1v) is 13.9. The molecular weight excluding hydrogens is 348 g/mol. The van der Waals surface area contributed by atoms with Gasteiger partial charge in [-0.2, -0.15) is 0 Å². The first-order chi connectivity index (χ1) is 12.7. The second-order valence-corrected chi connectivity index (χ2v) is 13.1. The van der Waals surface area contributed by atoms with Gasteiger partial charge in [-0.05, 0) is 75.0 Å². The standard InChI is InChI=1S/C24H36O2Si/c1-7-9-14-20(19-15-12-11-13-16-19)18-21-22(17-10-8-2)24(3,23(21)25)26-27(4,5)6/h11-13,15-16,18H,7-10,14,17H2,1-6H3/b20-18+. The molecule has 1 unspecified atom stereocenters. The largest absolute Gasteiger partial charge is 0.402 e. The summed E-state index contributed by atoms with van der Waals surface area (Å²) in [5, 5.41) is 0. The molecule has 0 aliphatic heterocycles. The van der Waals surface area contributed by atoms with Gasteiger partial charge in [-0.25, -0.2) is 0 Å². The van der Waals surface area contributed by atoms with Crippen LogP contribution in [-0.4, -0.2) is 19.7 Å². The van der Waals surface area contributed by atoms with E-state index < -0.39 is 13.9 Å². The van der Waals surface area contributed by atoms with E-state index in [4.69, 9.17) is 4.43 Å². The van der Waals surface area contributed by atoms with E-state index in [9.17, 15) is 4.79 Å². The average molecular weight is 385 g/mol. The van der Waals surface area contributed by atoms with Crippen LogP contribution in [0.4, 0.5) is 0 Å². The molecule has 1 aliphatic rings. The molecule has 1 aliphatic carbocycles. The van der Waals surface area contributed by atoms with Gasteiger partial charge in [0.15, 0.2) is 14.1 Å². The summed E-state index contributed by atoms with van der Waals surface area (Å²) < 4.78 is 6.38. The summed E-state index contributed by atoms with van der Waals surface area (Å²) in [6, 6.07) is 10.5. The van der Waals surface area contributed by atoms with Gasteiger partial charge in [-0.15, -0.1) is 0 Å². The number of carbonyl (C=O) groups is 1. The molecule has 27 heavy (non-hydrogen) atoms. The minimum absolute atomic E-state index is 0.168. The Labute approximate surface area is 166 Å². The molecule has 0 saturated carbocycles. The monoisotopic (exact) mass is 384 g/mol. The van der Waals surface area contributed by atoms with Crippen molar-refractivity contribution in [1.82, 2.24) is 0 Å². The number of allylic oxidation sites excluding steroid dienone is 2. The van der Waals surface area contributed by atoms with E-state index in [1.54, 1.807) is 0 Å². The van der Waals surface area contributed by atoms with Gasteiger partial charge < -0.3 is 4.43 Å². The summed E-state index contributed by atoms with van der Waals surface area (Å²) in [4.78, 5) is 13.2. The van der Waals surface area contributed by atoms with Crippen molar-refractivity contribution >= 4 is 19.7 Å². The number of Topliss-reactive ketones (excluding diaryl/α,β-unsaturated/α-hetero) is 1. The third-order valence-electron chi connectivity index (χ3n) is 5.13. The van der Waals surface area contributed by atoms with Crippen molar-refractivity contribution < 1.29 is 9.22 Å². The van der Waals surface area contributed by atoms with E-state index in [0.29, 0.717) is 0 Å². The molecule has 1 aromatic carbocycles. The highest BCUT2D eigenvalue weighted by atomic mass is 28.4. The second kappa shape index (κ2) is 9.16. The topological polar surface area (TPSA) is 26.3 Å². The van der Waals surface area contributed by atoms with Gasteiger partial charge in [0.1, 0.15) is 5.60 Å². The molecule has 2 rings (SSSR count). The first-order valence-electron chi connectivity index (χ1n) is 10.5. The van der Waals surface area contributed by atoms with E-state index in [1.165, 1.54) is 16.7 Å². The van der Waals surface area contributed by atoms with E-state index >= 15 is 0 Å². The van der Waals surface area contributed by atoms with Gasteiger partial charge in [0.25, 0.3) is 0 Å². The molecule has 0 saturated heterocycles. The van der Waals surface area contributed by atoms with Crippen LogP contribution in [0.5, 0.6) is 0 Å². The Bertz CT molecular complexity index is 710. The maximum atomic E-state index is 13.2. The summed E-state index contributed by atoms with van der Waals surface area (Å²) in [7, 11) is -1.82. The maximum absolute atomic E-state index is 13.2. The van der Waals surface area contributed by atoms with Crippen LogP contribution < -0.4 is 0 Å². The highest BCUT2D eigenvalue weighted by molar-refractivity contribution is 6.70. The molecule has 0 spiro atoms. The van der Waals surface area contributed by atoms with Crippen LogP contribution in [-0.2, 0) is 9.22 Å². The lowest BCUT2D eigenvalue weighted by Gasteiger charge is -2.45. The minimum atomic E-state index is -1.82. The van der Waals surface area contributed by atoms with Gasteiger partial charge >= 0.3 is 0 Å². The lowest BCUT2D eigenvalue weighted by Crippen LogP contribution is -2.55. The Morgan fingerprint density at radius 3 is 2.26 bits per heavy atom. The van der Waals surface area contributed by atoms with Gasteiger partial charge in [-0.1, -0.05) is 57.0 Å². The average Bonchev–Trinajstić information content (AvgIpc) is 2.62. The number of unbranched alkanes of at least 4 members (excludes halogenated alkanes) is 2. The highest BCUT2D eigenvalue weighted by Crippen LogP contribution is 2.44. The molecule has 0 aromatic heterocycles. The molecule has 1 aromatic rings. The summed E-state index contributed by atoms with van der Waals surface area (Å²) >= 11 is 0. The molecule has 0 amide bonds.